The minimum Gasteiger partial charge on any atom is -0.449 e. The van der Waals surface area contributed by atoms with Crippen LogP contribution in [0.2, 0.25) is 0 Å². The van der Waals surface area contributed by atoms with E-state index in [4.69, 9.17) is 10.5 Å². The number of rotatable bonds is 3. The molecule has 0 saturated carbocycles. The van der Waals surface area contributed by atoms with Gasteiger partial charge in [-0.1, -0.05) is 12.1 Å². The number of imide groups is 1. The van der Waals surface area contributed by atoms with Gasteiger partial charge >= 0.3 is 12.0 Å². The SMILES string of the molecule is CNC(=O)NC(=O)[C@@H](C)OC(=O)c1cccc(C)c1N. The lowest BCUT2D eigenvalue weighted by Gasteiger charge is -2.14. The first-order valence-corrected chi connectivity index (χ1v) is 5.95. The Morgan fingerprint density at radius 1 is 1.30 bits per heavy atom. The van der Waals surface area contributed by atoms with Crippen molar-refractivity contribution in [2.75, 3.05) is 12.8 Å². The number of nitrogen functional groups attached to an aromatic ring is 1. The standard InChI is InChI=1S/C13H17N3O4/c1-7-5-4-6-9(10(7)14)12(18)20-8(2)11(17)16-13(19)15-3/h4-6,8H,14H2,1-3H3,(H2,15,16,17,19)/t8-/m1/s1. The Labute approximate surface area is 116 Å². The van der Waals surface area contributed by atoms with Crippen LogP contribution in [0.25, 0.3) is 0 Å². The molecule has 1 aromatic carbocycles. The molecule has 20 heavy (non-hydrogen) atoms. The Balaban J connectivity index is 2.73. The van der Waals surface area contributed by atoms with Crippen LogP contribution < -0.4 is 16.4 Å². The number of benzene rings is 1. The molecule has 3 amide bonds. The van der Waals surface area contributed by atoms with E-state index < -0.39 is 24.0 Å². The quantitative estimate of drug-likeness (QED) is 0.553. The molecule has 4 N–H and O–H groups in total. The molecule has 0 saturated heterocycles. The molecular weight excluding hydrogens is 262 g/mol. The third-order valence-corrected chi connectivity index (χ3v) is 2.66. The first-order chi connectivity index (χ1) is 9.36. The molecule has 7 heteroatoms. The summed E-state index contributed by atoms with van der Waals surface area (Å²) in [4.78, 5) is 34.4. The Morgan fingerprint density at radius 2 is 1.95 bits per heavy atom. The third kappa shape index (κ3) is 3.71. The topological polar surface area (TPSA) is 111 Å². The number of carbonyl (C=O) groups excluding carboxylic acids is 3. The van der Waals surface area contributed by atoms with Gasteiger partial charge in [0.15, 0.2) is 6.10 Å². The molecule has 7 nitrogen and oxygen atoms in total. The van der Waals surface area contributed by atoms with Gasteiger partial charge < -0.3 is 15.8 Å². The van der Waals surface area contributed by atoms with Crippen molar-refractivity contribution in [3.05, 3.63) is 29.3 Å². The summed E-state index contributed by atoms with van der Waals surface area (Å²) in [5, 5.41) is 4.24. The number of carbonyl (C=O) groups is 3. The fourth-order valence-corrected chi connectivity index (χ4v) is 1.41. The highest BCUT2D eigenvalue weighted by molar-refractivity contribution is 6.00. The number of para-hydroxylation sites is 1. The summed E-state index contributed by atoms with van der Waals surface area (Å²) < 4.78 is 4.97. The molecule has 108 valence electrons. The predicted octanol–water partition coefficient (Wildman–Crippen LogP) is 0.578. The van der Waals surface area contributed by atoms with Gasteiger partial charge in [-0.05, 0) is 25.5 Å². The summed E-state index contributed by atoms with van der Waals surface area (Å²) in [6.45, 7) is 3.12. The van der Waals surface area contributed by atoms with Gasteiger partial charge in [0.2, 0.25) is 0 Å². The molecule has 0 aliphatic heterocycles. The Morgan fingerprint density at radius 3 is 2.55 bits per heavy atom. The number of esters is 1. The summed E-state index contributed by atoms with van der Waals surface area (Å²) in [6.07, 6.45) is -1.11. The van der Waals surface area contributed by atoms with Gasteiger partial charge in [0, 0.05) is 12.7 Å². The fourth-order valence-electron chi connectivity index (χ4n) is 1.41. The van der Waals surface area contributed by atoms with Crippen molar-refractivity contribution in [3.8, 4) is 0 Å². The highest BCUT2D eigenvalue weighted by atomic mass is 16.5. The molecule has 0 radical (unpaired) electrons. The molecule has 0 aliphatic carbocycles. The van der Waals surface area contributed by atoms with Crippen LogP contribution in [0, 0.1) is 6.92 Å². The zero-order valence-electron chi connectivity index (χ0n) is 11.5. The van der Waals surface area contributed by atoms with Gasteiger partial charge in [-0.3, -0.25) is 10.1 Å². The summed E-state index contributed by atoms with van der Waals surface area (Å²) in [6, 6.07) is 4.26. The number of hydrogen-bond acceptors (Lipinski definition) is 5. The number of hydrogen-bond donors (Lipinski definition) is 3. The molecular formula is C13H17N3O4. The first kappa shape index (κ1) is 15.5. The molecule has 0 bridgehead atoms. The third-order valence-electron chi connectivity index (χ3n) is 2.66. The van der Waals surface area contributed by atoms with E-state index in [-0.39, 0.29) is 5.56 Å². The van der Waals surface area contributed by atoms with Crippen LogP contribution in [0.5, 0.6) is 0 Å². The van der Waals surface area contributed by atoms with Gasteiger partial charge in [0.1, 0.15) is 0 Å². The number of nitrogens with two attached hydrogens (primary N) is 1. The lowest BCUT2D eigenvalue weighted by atomic mass is 10.1. The largest absolute Gasteiger partial charge is 0.449 e. The second-order valence-corrected chi connectivity index (χ2v) is 4.15. The lowest BCUT2D eigenvalue weighted by Crippen LogP contribution is -2.43. The molecule has 1 atom stereocenters. The number of aryl methyl sites for hydroxylation is 1. The van der Waals surface area contributed by atoms with Crippen LogP contribution in [0.15, 0.2) is 18.2 Å². The maximum absolute atomic E-state index is 11.9. The van der Waals surface area contributed by atoms with Crippen LogP contribution in [0.1, 0.15) is 22.8 Å². The van der Waals surface area contributed by atoms with Crippen molar-refractivity contribution in [2.24, 2.45) is 0 Å². The number of urea groups is 1. The van der Waals surface area contributed by atoms with Crippen LogP contribution in [-0.2, 0) is 9.53 Å². The second kappa shape index (κ2) is 6.55. The fraction of sp³-hybridized carbons (Fsp3) is 0.308. The van der Waals surface area contributed by atoms with Crippen LogP contribution in [-0.4, -0.2) is 31.1 Å². The average molecular weight is 279 g/mol. The van der Waals surface area contributed by atoms with E-state index >= 15 is 0 Å². The highest BCUT2D eigenvalue weighted by Gasteiger charge is 2.21. The predicted molar refractivity (Wildman–Crippen MR) is 73.1 cm³/mol. The summed E-state index contributed by atoms with van der Waals surface area (Å²) in [5.41, 5.74) is 7.00. The zero-order valence-corrected chi connectivity index (χ0v) is 11.5. The molecule has 0 unspecified atom stereocenters. The number of anilines is 1. The van der Waals surface area contributed by atoms with Crippen LogP contribution >= 0.6 is 0 Å². The summed E-state index contributed by atoms with van der Waals surface area (Å²) in [5.74, 6) is -1.44. The normalized spacial score (nSPS) is 11.3. The Hall–Kier alpha value is -2.57. The summed E-state index contributed by atoms with van der Waals surface area (Å²) >= 11 is 0. The van der Waals surface area contributed by atoms with E-state index in [1.165, 1.54) is 20.0 Å². The Bertz CT molecular complexity index is 542. The zero-order chi connectivity index (χ0) is 15.3. The van der Waals surface area contributed by atoms with Gasteiger partial charge in [0.25, 0.3) is 5.91 Å². The van der Waals surface area contributed by atoms with Gasteiger partial charge in [0.05, 0.1) is 5.56 Å². The molecule has 0 aromatic heterocycles. The van der Waals surface area contributed by atoms with Crippen molar-refractivity contribution in [2.45, 2.75) is 20.0 Å². The minimum absolute atomic E-state index is 0.185. The van der Waals surface area contributed by atoms with E-state index in [9.17, 15) is 14.4 Å². The van der Waals surface area contributed by atoms with E-state index in [1.54, 1.807) is 19.1 Å². The van der Waals surface area contributed by atoms with Crippen molar-refractivity contribution in [3.63, 3.8) is 0 Å². The van der Waals surface area contributed by atoms with Gasteiger partial charge in [-0.25, -0.2) is 9.59 Å². The first-order valence-electron chi connectivity index (χ1n) is 5.95. The monoisotopic (exact) mass is 279 g/mol. The maximum Gasteiger partial charge on any atom is 0.341 e. The molecule has 0 fully saturated rings. The molecule has 0 aliphatic rings. The van der Waals surface area contributed by atoms with E-state index in [0.29, 0.717) is 5.69 Å². The minimum atomic E-state index is -1.11. The van der Waals surface area contributed by atoms with Gasteiger partial charge in [-0.2, -0.15) is 0 Å². The van der Waals surface area contributed by atoms with Crippen molar-refractivity contribution in [1.29, 1.82) is 0 Å². The molecule has 0 spiro atoms. The summed E-state index contributed by atoms with van der Waals surface area (Å²) in [7, 11) is 1.37. The highest BCUT2D eigenvalue weighted by Crippen LogP contribution is 2.17. The van der Waals surface area contributed by atoms with Crippen molar-refractivity contribution >= 4 is 23.6 Å². The molecule has 0 heterocycles. The van der Waals surface area contributed by atoms with E-state index in [1.807, 2.05) is 5.32 Å². The van der Waals surface area contributed by atoms with E-state index in [2.05, 4.69) is 5.32 Å². The lowest BCUT2D eigenvalue weighted by molar-refractivity contribution is -0.127. The van der Waals surface area contributed by atoms with Gasteiger partial charge in [-0.15, -0.1) is 0 Å². The number of amides is 3. The van der Waals surface area contributed by atoms with E-state index in [0.717, 1.165) is 5.56 Å². The van der Waals surface area contributed by atoms with Crippen molar-refractivity contribution in [1.82, 2.24) is 10.6 Å². The van der Waals surface area contributed by atoms with Crippen LogP contribution in [0.4, 0.5) is 10.5 Å². The molecule has 1 rings (SSSR count). The maximum atomic E-state index is 11.9. The smallest absolute Gasteiger partial charge is 0.341 e. The second-order valence-electron chi connectivity index (χ2n) is 4.15. The number of ether oxygens (including phenoxy) is 1. The Kier molecular flexibility index (Phi) is 5.08. The molecule has 1 aromatic rings. The number of nitrogens with one attached hydrogen (secondary N) is 2. The average Bonchev–Trinajstić information content (AvgIpc) is 2.41. The van der Waals surface area contributed by atoms with Crippen molar-refractivity contribution < 1.29 is 19.1 Å². The van der Waals surface area contributed by atoms with Crippen LogP contribution in [0.3, 0.4) is 0 Å².